The molecule has 2 aromatic heterocycles. The smallest absolute Gasteiger partial charge is 0.395 e. The standard InChI is InChI=1S/C27H30F6N6O3/c1-42-21-6-15(18(28)10-35-21)19-7-20(37-36-19)23(41)39-5-2-14(22(34)40)8-25(39)9-16(25)17-11-38(13-26(17,29)30)12-24(3-4-24)27(31,32)33/h6-7,10,14,16-17H,2-5,8-9,11-13H2,1H3,(H2,34,40)(H,36,37)/t14?,16?,17-,25?/m1/s1. The first kappa shape index (κ1) is 28.7. The molecule has 9 nitrogen and oxygen atoms in total. The number of hydrogen-bond donors (Lipinski definition) is 2. The van der Waals surface area contributed by atoms with E-state index in [2.05, 4.69) is 15.2 Å². The predicted molar refractivity (Wildman–Crippen MR) is 135 cm³/mol. The molecule has 2 aromatic rings. The number of primary amides is 1. The molecule has 3 N–H and O–H groups in total. The minimum absolute atomic E-state index is 0.0535. The molecule has 2 aliphatic heterocycles. The van der Waals surface area contributed by atoms with Gasteiger partial charge in [0.1, 0.15) is 0 Å². The van der Waals surface area contributed by atoms with Crippen LogP contribution in [0, 0.1) is 29.0 Å². The molecule has 2 amide bonds. The van der Waals surface area contributed by atoms with Crippen LogP contribution in [0.3, 0.4) is 0 Å². The van der Waals surface area contributed by atoms with Crippen molar-refractivity contribution < 1.29 is 40.7 Å². The Morgan fingerprint density at radius 1 is 1.19 bits per heavy atom. The molecule has 4 atom stereocenters. The number of carbonyl (C=O) groups is 2. The van der Waals surface area contributed by atoms with Crippen LogP contribution in [0.15, 0.2) is 18.3 Å². The van der Waals surface area contributed by atoms with Crippen molar-refractivity contribution in [2.45, 2.75) is 49.7 Å². The first-order valence-electron chi connectivity index (χ1n) is 13.7. The van der Waals surface area contributed by atoms with E-state index in [-0.39, 0.29) is 68.0 Å². The number of H-pyrrole nitrogens is 1. The Hall–Kier alpha value is -3.36. The van der Waals surface area contributed by atoms with Gasteiger partial charge in [0.25, 0.3) is 11.8 Å². The van der Waals surface area contributed by atoms with E-state index in [1.807, 2.05) is 0 Å². The zero-order valence-corrected chi connectivity index (χ0v) is 22.7. The van der Waals surface area contributed by atoms with Gasteiger partial charge in [0, 0.05) is 48.6 Å². The highest BCUT2D eigenvalue weighted by Crippen LogP contribution is 2.63. The summed E-state index contributed by atoms with van der Waals surface area (Å²) in [7, 11) is 1.36. The Kier molecular flexibility index (Phi) is 6.55. The second-order valence-corrected chi connectivity index (χ2v) is 12.2. The number of hydrogen-bond acceptors (Lipinski definition) is 6. The molecule has 228 valence electrons. The zero-order chi connectivity index (χ0) is 30.2. The van der Waals surface area contributed by atoms with Crippen molar-refractivity contribution in [1.29, 1.82) is 0 Å². The molecule has 6 rings (SSSR count). The number of ether oxygens (including phenoxy) is 1. The third-order valence-corrected chi connectivity index (χ3v) is 9.61. The van der Waals surface area contributed by atoms with E-state index in [1.165, 1.54) is 29.0 Å². The summed E-state index contributed by atoms with van der Waals surface area (Å²) in [4.78, 5) is 32.3. The SMILES string of the molecule is COc1cc(-c2cc(C(=O)N3CCC(C(N)=O)CC34CC4[C@H]3CN(CC4(C(F)(F)F)CC4)CC3(F)F)n[nH]2)c(F)cn1. The number of likely N-dealkylation sites (tertiary alicyclic amines) is 2. The number of aromatic nitrogens is 3. The molecule has 42 heavy (non-hydrogen) atoms. The number of halogens is 6. The molecule has 0 bridgehead atoms. The second kappa shape index (κ2) is 9.58. The van der Waals surface area contributed by atoms with Gasteiger partial charge in [-0.15, -0.1) is 0 Å². The molecule has 2 aliphatic carbocycles. The largest absolute Gasteiger partial charge is 0.481 e. The average molecular weight is 601 g/mol. The van der Waals surface area contributed by atoms with Gasteiger partial charge >= 0.3 is 6.18 Å². The Morgan fingerprint density at radius 2 is 1.93 bits per heavy atom. The highest BCUT2D eigenvalue weighted by molar-refractivity contribution is 5.94. The van der Waals surface area contributed by atoms with E-state index in [4.69, 9.17) is 10.5 Å². The van der Waals surface area contributed by atoms with Crippen LogP contribution in [0.4, 0.5) is 26.3 Å². The van der Waals surface area contributed by atoms with Crippen molar-refractivity contribution >= 4 is 11.8 Å². The van der Waals surface area contributed by atoms with Gasteiger partial charge in [-0.25, -0.2) is 18.2 Å². The van der Waals surface area contributed by atoms with E-state index in [0.717, 1.165) is 6.20 Å². The predicted octanol–water partition coefficient (Wildman–Crippen LogP) is 3.63. The maximum atomic E-state index is 15.4. The summed E-state index contributed by atoms with van der Waals surface area (Å²) in [5.74, 6) is -7.70. The fourth-order valence-electron chi connectivity index (χ4n) is 7.07. The zero-order valence-electron chi connectivity index (χ0n) is 22.7. The molecule has 2 saturated heterocycles. The first-order chi connectivity index (χ1) is 19.7. The molecule has 4 aliphatic rings. The van der Waals surface area contributed by atoms with Gasteiger partial charge in [-0.1, -0.05) is 0 Å². The van der Waals surface area contributed by atoms with Crippen LogP contribution in [-0.4, -0.2) is 87.7 Å². The lowest BCUT2D eigenvalue weighted by molar-refractivity contribution is -0.191. The van der Waals surface area contributed by atoms with E-state index in [0.29, 0.717) is 0 Å². The number of amides is 2. The third-order valence-electron chi connectivity index (χ3n) is 9.61. The number of rotatable bonds is 7. The van der Waals surface area contributed by atoms with Crippen molar-refractivity contribution in [3.05, 3.63) is 29.8 Å². The minimum Gasteiger partial charge on any atom is -0.481 e. The van der Waals surface area contributed by atoms with Crippen LogP contribution in [0.1, 0.15) is 42.6 Å². The fourth-order valence-corrected chi connectivity index (χ4v) is 7.07. The molecular formula is C27H30F6N6O3. The number of aromatic amines is 1. The van der Waals surface area contributed by atoms with Crippen molar-refractivity contribution in [3.63, 3.8) is 0 Å². The number of piperidine rings is 1. The summed E-state index contributed by atoms with van der Waals surface area (Å²) >= 11 is 0. The van der Waals surface area contributed by atoms with Crippen LogP contribution in [0.25, 0.3) is 11.3 Å². The topological polar surface area (TPSA) is 117 Å². The summed E-state index contributed by atoms with van der Waals surface area (Å²) < 4.78 is 90.9. The van der Waals surface area contributed by atoms with Crippen LogP contribution in [-0.2, 0) is 4.79 Å². The lowest BCUT2D eigenvalue weighted by Crippen LogP contribution is -2.52. The molecule has 4 heterocycles. The fraction of sp³-hybridized carbons (Fsp3) is 0.630. The lowest BCUT2D eigenvalue weighted by Gasteiger charge is -2.41. The van der Waals surface area contributed by atoms with Crippen molar-refractivity contribution in [2.24, 2.45) is 28.9 Å². The van der Waals surface area contributed by atoms with Gasteiger partial charge in [-0.3, -0.25) is 19.6 Å². The Bertz CT molecular complexity index is 1410. The molecule has 3 unspecified atom stereocenters. The normalized spacial score (nSPS) is 30.0. The van der Waals surface area contributed by atoms with E-state index >= 15 is 8.78 Å². The van der Waals surface area contributed by atoms with E-state index < -0.39 is 71.5 Å². The van der Waals surface area contributed by atoms with E-state index in [9.17, 15) is 27.2 Å². The highest BCUT2D eigenvalue weighted by atomic mass is 19.4. The average Bonchev–Trinajstić information content (AvgIpc) is 3.76. The molecule has 15 heteroatoms. The number of methoxy groups -OCH3 is 1. The van der Waals surface area contributed by atoms with Crippen LogP contribution >= 0.6 is 0 Å². The summed E-state index contributed by atoms with van der Waals surface area (Å²) in [6.45, 7) is -1.46. The number of alkyl halides is 5. The molecule has 1 spiro atoms. The van der Waals surface area contributed by atoms with Gasteiger partial charge in [-0.2, -0.15) is 18.3 Å². The number of nitrogens with two attached hydrogens (primary N) is 1. The first-order valence-corrected chi connectivity index (χ1v) is 13.7. The van der Waals surface area contributed by atoms with Crippen molar-refractivity contribution in [1.82, 2.24) is 25.0 Å². The number of carbonyl (C=O) groups excluding carboxylic acids is 2. The Balaban J connectivity index is 1.25. The number of nitrogens with one attached hydrogen (secondary N) is 1. The maximum Gasteiger partial charge on any atom is 0.395 e. The van der Waals surface area contributed by atoms with Crippen LogP contribution in [0.2, 0.25) is 0 Å². The van der Waals surface area contributed by atoms with Gasteiger partial charge in [0.15, 0.2) is 11.5 Å². The number of nitrogens with zero attached hydrogens (tertiary/aromatic N) is 4. The number of pyridine rings is 1. The van der Waals surface area contributed by atoms with Crippen molar-refractivity contribution in [3.8, 4) is 17.1 Å². The minimum atomic E-state index is -4.46. The maximum absolute atomic E-state index is 15.4. The van der Waals surface area contributed by atoms with Gasteiger partial charge in [-0.05, 0) is 44.1 Å². The summed E-state index contributed by atoms with van der Waals surface area (Å²) in [6, 6.07) is 2.66. The van der Waals surface area contributed by atoms with Crippen molar-refractivity contribution in [2.75, 3.05) is 33.3 Å². The van der Waals surface area contributed by atoms with Gasteiger partial charge < -0.3 is 15.4 Å². The third kappa shape index (κ3) is 4.69. The van der Waals surface area contributed by atoms with E-state index in [1.54, 1.807) is 0 Å². The highest BCUT2D eigenvalue weighted by Gasteiger charge is 2.71. The lowest BCUT2D eigenvalue weighted by atomic mass is 9.83. The monoisotopic (exact) mass is 600 g/mol. The summed E-state index contributed by atoms with van der Waals surface area (Å²) in [5, 5.41) is 6.67. The quantitative estimate of drug-likeness (QED) is 0.469. The summed E-state index contributed by atoms with van der Waals surface area (Å²) in [6.07, 6.45) is -3.21. The van der Waals surface area contributed by atoms with Gasteiger partial charge in [0.05, 0.1) is 31.0 Å². The molecule has 0 radical (unpaired) electrons. The molecule has 0 aromatic carbocycles. The summed E-state index contributed by atoms with van der Waals surface area (Å²) in [5.41, 5.74) is 2.65. The van der Waals surface area contributed by atoms with Crippen LogP contribution in [0.5, 0.6) is 5.88 Å². The Labute approximate surface area is 236 Å². The Morgan fingerprint density at radius 3 is 2.57 bits per heavy atom. The van der Waals surface area contributed by atoms with Gasteiger partial charge in [0.2, 0.25) is 11.8 Å². The molecular weight excluding hydrogens is 570 g/mol. The second-order valence-electron chi connectivity index (χ2n) is 12.2. The molecule has 4 fully saturated rings. The van der Waals surface area contributed by atoms with Crippen LogP contribution < -0.4 is 10.5 Å². The molecule has 2 saturated carbocycles.